The monoisotopic (exact) mass is 393 g/mol. The molecule has 8 heteroatoms. The van der Waals surface area contributed by atoms with Crippen LogP contribution in [0, 0.1) is 0 Å². The molecule has 0 bridgehead atoms. The molecule has 0 radical (unpaired) electrons. The van der Waals surface area contributed by atoms with Crippen LogP contribution in [-0.2, 0) is 0 Å². The number of para-hydroxylation sites is 1. The fourth-order valence-electron chi connectivity index (χ4n) is 3.71. The van der Waals surface area contributed by atoms with E-state index in [1.54, 1.807) is 18.5 Å². The van der Waals surface area contributed by atoms with Gasteiger partial charge in [-0.15, -0.1) is 10.2 Å². The molecule has 0 aliphatic carbocycles. The van der Waals surface area contributed by atoms with Gasteiger partial charge in [0.25, 0.3) is 5.91 Å². The van der Waals surface area contributed by atoms with Gasteiger partial charge in [-0.2, -0.15) is 4.98 Å². The normalized spacial score (nSPS) is 16.5. The minimum atomic E-state index is -0.175. The van der Waals surface area contributed by atoms with E-state index in [4.69, 9.17) is 9.47 Å². The number of ether oxygens (including phenoxy) is 2. The van der Waals surface area contributed by atoms with Crippen LogP contribution in [0.15, 0.2) is 48.8 Å². The van der Waals surface area contributed by atoms with Crippen molar-refractivity contribution in [2.75, 3.05) is 20.8 Å². The maximum atomic E-state index is 13.4. The summed E-state index contributed by atoms with van der Waals surface area (Å²) in [7, 11) is 3.03. The van der Waals surface area contributed by atoms with Crippen molar-refractivity contribution >= 4 is 5.91 Å². The summed E-state index contributed by atoms with van der Waals surface area (Å²) in [5, 5.41) is 8.48. The van der Waals surface area contributed by atoms with E-state index in [0.29, 0.717) is 18.0 Å². The van der Waals surface area contributed by atoms with E-state index in [1.807, 2.05) is 39.8 Å². The molecule has 2 aromatic heterocycles. The van der Waals surface area contributed by atoms with E-state index in [2.05, 4.69) is 15.2 Å². The molecular weight excluding hydrogens is 370 g/mol. The van der Waals surface area contributed by atoms with Crippen LogP contribution in [-0.4, -0.2) is 51.3 Å². The molecule has 1 aliphatic rings. The standard InChI is InChI=1S/C21H23N5O3/c1-28-18-12-11-16(20(23-18)29-2)21(27)25-13-7-6-10-17(25)19-24-22-14-26(19)15-8-4-3-5-9-15/h3-5,8-9,11-12,14,17H,6-7,10,13H2,1-2H3. The Labute approximate surface area is 169 Å². The van der Waals surface area contributed by atoms with Crippen LogP contribution in [0.5, 0.6) is 11.8 Å². The number of hydrogen-bond donors (Lipinski definition) is 0. The second kappa shape index (κ2) is 8.30. The summed E-state index contributed by atoms with van der Waals surface area (Å²) in [6.07, 6.45) is 4.47. The number of rotatable bonds is 5. The van der Waals surface area contributed by atoms with Gasteiger partial charge in [-0.1, -0.05) is 18.2 Å². The van der Waals surface area contributed by atoms with Crippen molar-refractivity contribution in [3.05, 3.63) is 60.2 Å². The van der Waals surface area contributed by atoms with Gasteiger partial charge in [0.2, 0.25) is 11.8 Å². The first-order valence-corrected chi connectivity index (χ1v) is 9.58. The summed E-state index contributed by atoms with van der Waals surface area (Å²) in [6.45, 7) is 0.639. The summed E-state index contributed by atoms with van der Waals surface area (Å²) >= 11 is 0. The SMILES string of the molecule is COc1ccc(C(=O)N2CCCCC2c2nncn2-c2ccccc2)c(OC)n1. The molecule has 4 rings (SSSR count). The average molecular weight is 393 g/mol. The first-order valence-electron chi connectivity index (χ1n) is 9.58. The van der Waals surface area contributed by atoms with Gasteiger partial charge in [-0.3, -0.25) is 9.36 Å². The third-order valence-corrected chi connectivity index (χ3v) is 5.14. The lowest BCUT2D eigenvalue weighted by Crippen LogP contribution is -2.39. The third kappa shape index (κ3) is 3.65. The summed E-state index contributed by atoms with van der Waals surface area (Å²) in [5.74, 6) is 1.27. The summed E-state index contributed by atoms with van der Waals surface area (Å²) < 4.78 is 12.4. The van der Waals surface area contributed by atoms with E-state index >= 15 is 0 Å². The number of nitrogens with zero attached hydrogens (tertiary/aromatic N) is 5. The number of methoxy groups -OCH3 is 2. The molecule has 1 aliphatic heterocycles. The lowest BCUT2D eigenvalue weighted by atomic mass is 10.00. The number of carbonyl (C=O) groups excluding carboxylic acids is 1. The number of carbonyl (C=O) groups is 1. The van der Waals surface area contributed by atoms with Crippen molar-refractivity contribution in [1.82, 2.24) is 24.6 Å². The molecule has 3 aromatic rings. The highest BCUT2D eigenvalue weighted by molar-refractivity contribution is 5.96. The number of pyridine rings is 1. The van der Waals surface area contributed by atoms with Gasteiger partial charge < -0.3 is 14.4 Å². The van der Waals surface area contributed by atoms with Gasteiger partial charge >= 0.3 is 0 Å². The highest BCUT2D eigenvalue weighted by atomic mass is 16.5. The zero-order valence-corrected chi connectivity index (χ0v) is 16.5. The Hall–Kier alpha value is -3.42. The lowest BCUT2D eigenvalue weighted by Gasteiger charge is -2.35. The number of piperidine rings is 1. The second-order valence-corrected chi connectivity index (χ2v) is 6.82. The van der Waals surface area contributed by atoms with Crippen molar-refractivity contribution < 1.29 is 14.3 Å². The maximum absolute atomic E-state index is 13.4. The zero-order valence-electron chi connectivity index (χ0n) is 16.5. The average Bonchev–Trinajstić information content (AvgIpc) is 3.28. The van der Waals surface area contributed by atoms with E-state index in [1.165, 1.54) is 14.2 Å². The van der Waals surface area contributed by atoms with Crippen LogP contribution in [0.3, 0.4) is 0 Å². The van der Waals surface area contributed by atoms with Crippen molar-refractivity contribution in [3.63, 3.8) is 0 Å². The summed E-state index contributed by atoms with van der Waals surface area (Å²) in [5.41, 5.74) is 1.38. The molecule has 1 saturated heterocycles. The Morgan fingerprint density at radius 3 is 2.66 bits per heavy atom. The lowest BCUT2D eigenvalue weighted by molar-refractivity contribution is 0.0593. The molecule has 0 saturated carbocycles. The Morgan fingerprint density at radius 2 is 1.90 bits per heavy atom. The maximum Gasteiger partial charge on any atom is 0.259 e. The van der Waals surface area contributed by atoms with Gasteiger partial charge in [-0.25, -0.2) is 0 Å². The number of aromatic nitrogens is 4. The van der Waals surface area contributed by atoms with E-state index < -0.39 is 0 Å². The van der Waals surface area contributed by atoms with Crippen molar-refractivity contribution in [2.45, 2.75) is 25.3 Å². The fraction of sp³-hybridized carbons (Fsp3) is 0.333. The molecule has 8 nitrogen and oxygen atoms in total. The van der Waals surface area contributed by atoms with Crippen molar-refractivity contribution in [3.8, 4) is 17.4 Å². The minimum Gasteiger partial charge on any atom is -0.481 e. The Bertz CT molecular complexity index is 989. The van der Waals surface area contributed by atoms with Gasteiger partial charge in [-0.05, 0) is 37.5 Å². The van der Waals surface area contributed by atoms with E-state index in [9.17, 15) is 4.79 Å². The third-order valence-electron chi connectivity index (χ3n) is 5.14. The molecule has 1 atom stereocenters. The molecule has 1 fully saturated rings. The first-order chi connectivity index (χ1) is 14.2. The highest BCUT2D eigenvalue weighted by Crippen LogP contribution is 2.33. The van der Waals surface area contributed by atoms with Crippen LogP contribution < -0.4 is 9.47 Å². The molecular formula is C21H23N5O3. The van der Waals surface area contributed by atoms with Crippen molar-refractivity contribution in [1.29, 1.82) is 0 Å². The highest BCUT2D eigenvalue weighted by Gasteiger charge is 2.33. The van der Waals surface area contributed by atoms with Crippen LogP contribution in [0.1, 0.15) is 41.5 Å². The van der Waals surface area contributed by atoms with E-state index in [0.717, 1.165) is 30.8 Å². The Balaban J connectivity index is 1.69. The molecule has 1 amide bonds. The Morgan fingerprint density at radius 1 is 1.07 bits per heavy atom. The molecule has 0 spiro atoms. The van der Waals surface area contributed by atoms with Crippen LogP contribution in [0.25, 0.3) is 5.69 Å². The van der Waals surface area contributed by atoms with Gasteiger partial charge in [0.05, 0.1) is 20.3 Å². The van der Waals surface area contributed by atoms with Crippen LogP contribution in [0.2, 0.25) is 0 Å². The topological polar surface area (TPSA) is 82.4 Å². The van der Waals surface area contributed by atoms with Crippen LogP contribution in [0.4, 0.5) is 0 Å². The molecule has 1 aromatic carbocycles. The fourth-order valence-corrected chi connectivity index (χ4v) is 3.71. The predicted molar refractivity (Wildman–Crippen MR) is 106 cm³/mol. The number of likely N-dealkylation sites (tertiary alicyclic amines) is 1. The quantitative estimate of drug-likeness (QED) is 0.663. The van der Waals surface area contributed by atoms with Gasteiger partial charge in [0.15, 0.2) is 5.82 Å². The molecule has 3 heterocycles. The summed E-state index contributed by atoms with van der Waals surface area (Å²) in [6, 6.07) is 13.1. The largest absolute Gasteiger partial charge is 0.481 e. The molecule has 1 unspecified atom stereocenters. The second-order valence-electron chi connectivity index (χ2n) is 6.82. The first kappa shape index (κ1) is 18.9. The van der Waals surface area contributed by atoms with Crippen LogP contribution >= 0.6 is 0 Å². The van der Waals surface area contributed by atoms with Gasteiger partial charge in [0.1, 0.15) is 11.9 Å². The minimum absolute atomic E-state index is 0.135. The molecule has 150 valence electrons. The summed E-state index contributed by atoms with van der Waals surface area (Å²) in [4.78, 5) is 19.5. The molecule has 0 N–H and O–H groups in total. The predicted octanol–water partition coefficient (Wildman–Crippen LogP) is 3.05. The molecule has 29 heavy (non-hydrogen) atoms. The van der Waals surface area contributed by atoms with Gasteiger partial charge in [0, 0.05) is 18.3 Å². The number of amides is 1. The smallest absolute Gasteiger partial charge is 0.259 e. The number of benzene rings is 1. The Kier molecular flexibility index (Phi) is 5.41. The zero-order chi connectivity index (χ0) is 20.2. The number of hydrogen-bond acceptors (Lipinski definition) is 6. The van der Waals surface area contributed by atoms with E-state index in [-0.39, 0.29) is 17.8 Å². The van der Waals surface area contributed by atoms with Crippen molar-refractivity contribution in [2.24, 2.45) is 0 Å².